The van der Waals surface area contributed by atoms with Gasteiger partial charge in [-0.25, -0.2) is 0 Å². The van der Waals surface area contributed by atoms with Gasteiger partial charge in [0.15, 0.2) is 0 Å². The Labute approximate surface area is 138 Å². The van der Waals surface area contributed by atoms with Gasteiger partial charge < -0.3 is 10.6 Å². The minimum absolute atomic E-state index is 0. The van der Waals surface area contributed by atoms with Gasteiger partial charge in [0.05, 0.1) is 4.47 Å². The lowest BCUT2D eigenvalue weighted by Gasteiger charge is -2.22. The largest absolute Gasteiger partial charge is 0.336 e. The Balaban J connectivity index is 0.00000220. The van der Waals surface area contributed by atoms with Crippen LogP contribution in [0.4, 0.5) is 0 Å². The number of benzene rings is 1. The smallest absolute Gasteiger partial charge is 0.273 e. The third-order valence-corrected chi connectivity index (χ3v) is 4.06. The van der Waals surface area contributed by atoms with Crippen molar-refractivity contribution in [3.8, 4) is 11.3 Å². The average Bonchev–Trinajstić information content (AvgIpc) is 2.87. The summed E-state index contributed by atoms with van der Waals surface area (Å²) >= 11 is 3.46. The molecule has 0 fully saturated rings. The zero-order valence-electron chi connectivity index (χ0n) is 11.8. The second-order valence-corrected chi connectivity index (χ2v) is 5.42. The third kappa shape index (κ3) is 3.64. The summed E-state index contributed by atoms with van der Waals surface area (Å²) in [4.78, 5) is 14.0. The van der Waals surface area contributed by atoms with Crippen molar-refractivity contribution in [1.29, 1.82) is 0 Å². The number of carbonyl (C=O) groups excluding carboxylic acids is 1. The molecule has 1 aromatic carbocycles. The van der Waals surface area contributed by atoms with Gasteiger partial charge in [-0.1, -0.05) is 30.3 Å². The summed E-state index contributed by atoms with van der Waals surface area (Å²) in [5.41, 5.74) is 7.70. The monoisotopic (exact) mass is 372 g/mol. The number of carbonyl (C=O) groups is 1. The molecule has 1 amide bonds. The van der Waals surface area contributed by atoms with Gasteiger partial charge in [0.2, 0.25) is 0 Å². The van der Waals surface area contributed by atoms with Crippen LogP contribution in [0.15, 0.2) is 34.8 Å². The molecule has 1 unspecified atom stereocenters. The van der Waals surface area contributed by atoms with E-state index in [1.54, 1.807) is 11.9 Å². The Morgan fingerprint density at radius 1 is 1.43 bits per heavy atom. The number of hydrogen-bond acceptors (Lipinski definition) is 3. The van der Waals surface area contributed by atoms with Crippen LogP contribution >= 0.6 is 28.3 Å². The molecule has 1 atom stereocenters. The molecule has 0 radical (unpaired) electrons. The van der Waals surface area contributed by atoms with Crippen molar-refractivity contribution in [2.75, 3.05) is 13.6 Å². The van der Waals surface area contributed by atoms with Gasteiger partial charge in [-0.15, -0.1) is 12.4 Å². The van der Waals surface area contributed by atoms with Crippen LogP contribution in [0.3, 0.4) is 0 Å². The number of aromatic nitrogens is 2. The molecular formula is C14H18BrClN4O. The maximum Gasteiger partial charge on any atom is 0.273 e. The van der Waals surface area contributed by atoms with Crippen LogP contribution in [0.1, 0.15) is 17.4 Å². The number of rotatable bonds is 4. The maximum atomic E-state index is 12.4. The predicted octanol–water partition coefficient (Wildman–Crippen LogP) is 2.68. The van der Waals surface area contributed by atoms with E-state index in [1.165, 1.54) is 0 Å². The molecule has 114 valence electrons. The summed E-state index contributed by atoms with van der Waals surface area (Å²) in [7, 11) is 1.73. The van der Waals surface area contributed by atoms with Crippen LogP contribution < -0.4 is 5.73 Å². The highest BCUT2D eigenvalue weighted by molar-refractivity contribution is 9.10. The second kappa shape index (κ2) is 7.59. The van der Waals surface area contributed by atoms with Gasteiger partial charge in [0, 0.05) is 25.2 Å². The minimum Gasteiger partial charge on any atom is -0.336 e. The van der Waals surface area contributed by atoms with Crippen molar-refractivity contribution < 1.29 is 4.79 Å². The molecule has 1 heterocycles. The molecule has 2 aromatic rings. The van der Waals surface area contributed by atoms with Crippen molar-refractivity contribution in [3.63, 3.8) is 0 Å². The number of nitrogens with two attached hydrogens (primary N) is 1. The van der Waals surface area contributed by atoms with Crippen LogP contribution in [0.5, 0.6) is 0 Å². The highest BCUT2D eigenvalue weighted by atomic mass is 79.9. The molecule has 3 N–H and O–H groups in total. The molecule has 5 nitrogen and oxygen atoms in total. The first-order valence-corrected chi connectivity index (χ1v) is 7.12. The molecule has 0 aliphatic carbocycles. The standard InChI is InChI=1S/C14H17BrN4O.ClH/c1-9(8-16)19(2)14(20)13-11(15)12(17-18-13)10-6-4-3-5-7-10;/h3-7,9H,8,16H2,1-2H3,(H,17,18);1H. The number of H-pyrrole nitrogens is 1. The van der Waals surface area contributed by atoms with E-state index >= 15 is 0 Å². The topological polar surface area (TPSA) is 75.0 Å². The van der Waals surface area contributed by atoms with Crippen molar-refractivity contribution in [2.45, 2.75) is 13.0 Å². The van der Waals surface area contributed by atoms with E-state index in [9.17, 15) is 4.79 Å². The highest BCUT2D eigenvalue weighted by Crippen LogP contribution is 2.29. The van der Waals surface area contributed by atoms with Crippen LogP contribution in [0.25, 0.3) is 11.3 Å². The molecule has 0 bridgehead atoms. The van der Waals surface area contributed by atoms with Gasteiger partial charge in [0.1, 0.15) is 11.4 Å². The number of nitrogens with one attached hydrogen (secondary N) is 1. The molecular weight excluding hydrogens is 356 g/mol. The quantitative estimate of drug-likeness (QED) is 0.865. The number of likely N-dealkylation sites (N-methyl/N-ethyl adjacent to an activating group) is 1. The summed E-state index contributed by atoms with van der Waals surface area (Å²) in [6.45, 7) is 2.32. The molecule has 7 heteroatoms. The van der Waals surface area contributed by atoms with Gasteiger partial charge in [-0.05, 0) is 22.9 Å². The molecule has 0 saturated heterocycles. The van der Waals surface area contributed by atoms with E-state index in [0.29, 0.717) is 16.7 Å². The zero-order valence-corrected chi connectivity index (χ0v) is 14.2. The fraction of sp³-hybridized carbons (Fsp3) is 0.286. The number of nitrogens with zero attached hydrogens (tertiary/aromatic N) is 2. The van der Waals surface area contributed by atoms with E-state index in [0.717, 1.165) is 11.3 Å². The van der Waals surface area contributed by atoms with Gasteiger partial charge in [0.25, 0.3) is 5.91 Å². The lowest BCUT2D eigenvalue weighted by Crippen LogP contribution is -2.40. The van der Waals surface area contributed by atoms with Crippen LogP contribution in [-0.4, -0.2) is 40.6 Å². The van der Waals surface area contributed by atoms with E-state index < -0.39 is 0 Å². The lowest BCUT2D eigenvalue weighted by molar-refractivity contribution is 0.0741. The zero-order chi connectivity index (χ0) is 14.7. The van der Waals surface area contributed by atoms with Crippen LogP contribution in [0, 0.1) is 0 Å². The Kier molecular flexibility index (Phi) is 6.39. The molecule has 2 rings (SSSR count). The highest BCUT2D eigenvalue weighted by Gasteiger charge is 2.23. The molecule has 0 spiro atoms. The minimum atomic E-state index is -0.135. The third-order valence-electron chi connectivity index (χ3n) is 3.29. The summed E-state index contributed by atoms with van der Waals surface area (Å²) in [6.07, 6.45) is 0. The fourth-order valence-corrected chi connectivity index (χ4v) is 2.37. The SMILES string of the molecule is CC(CN)N(C)C(=O)c1[nH]nc(-c2ccccc2)c1Br.Cl. The number of aromatic amines is 1. The van der Waals surface area contributed by atoms with Crippen molar-refractivity contribution in [2.24, 2.45) is 5.73 Å². The first-order valence-electron chi connectivity index (χ1n) is 6.32. The van der Waals surface area contributed by atoms with E-state index in [2.05, 4.69) is 26.1 Å². The average molecular weight is 374 g/mol. The second-order valence-electron chi connectivity index (χ2n) is 4.63. The molecule has 21 heavy (non-hydrogen) atoms. The summed E-state index contributed by atoms with van der Waals surface area (Å²) < 4.78 is 0.671. The number of amides is 1. The lowest BCUT2D eigenvalue weighted by atomic mass is 10.1. The molecule has 1 aromatic heterocycles. The van der Waals surface area contributed by atoms with Crippen molar-refractivity contribution >= 4 is 34.2 Å². The van der Waals surface area contributed by atoms with E-state index in [-0.39, 0.29) is 24.4 Å². The van der Waals surface area contributed by atoms with E-state index in [4.69, 9.17) is 5.73 Å². The number of hydrogen-bond donors (Lipinski definition) is 2. The van der Waals surface area contributed by atoms with Gasteiger partial charge in [-0.2, -0.15) is 5.10 Å². The Hall–Kier alpha value is -1.37. The van der Waals surface area contributed by atoms with Crippen molar-refractivity contribution in [3.05, 3.63) is 40.5 Å². The predicted molar refractivity (Wildman–Crippen MR) is 89.6 cm³/mol. The Morgan fingerprint density at radius 2 is 2.05 bits per heavy atom. The van der Waals surface area contributed by atoms with Crippen molar-refractivity contribution in [1.82, 2.24) is 15.1 Å². The first-order chi connectivity index (χ1) is 9.56. The Bertz CT molecular complexity index is 602. The summed E-state index contributed by atoms with van der Waals surface area (Å²) in [5, 5.41) is 7.03. The van der Waals surface area contributed by atoms with Crippen LogP contribution in [0.2, 0.25) is 0 Å². The summed E-state index contributed by atoms with van der Waals surface area (Å²) in [5.74, 6) is -0.135. The van der Waals surface area contributed by atoms with E-state index in [1.807, 2.05) is 37.3 Å². The summed E-state index contributed by atoms with van der Waals surface area (Å²) in [6, 6.07) is 9.66. The molecule has 0 aliphatic heterocycles. The number of halogens is 2. The van der Waals surface area contributed by atoms with Gasteiger partial charge >= 0.3 is 0 Å². The fourth-order valence-electron chi connectivity index (χ4n) is 1.79. The van der Waals surface area contributed by atoms with Gasteiger partial charge in [-0.3, -0.25) is 9.89 Å². The maximum absolute atomic E-state index is 12.4. The molecule has 0 saturated carbocycles. The first kappa shape index (κ1) is 17.7. The normalized spacial score (nSPS) is 11.6. The Morgan fingerprint density at radius 3 is 2.62 bits per heavy atom. The van der Waals surface area contributed by atoms with Crippen LogP contribution in [-0.2, 0) is 0 Å². The molecule has 0 aliphatic rings.